The van der Waals surface area contributed by atoms with Crippen molar-refractivity contribution in [3.8, 4) is 0 Å². The van der Waals surface area contributed by atoms with Gasteiger partial charge in [0, 0.05) is 19.6 Å². The van der Waals surface area contributed by atoms with Crippen LogP contribution in [-0.4, -0.2) is 35.1 Å². The Morgan fingerprint density at radius 2 is 1.95 bits per heavy atom. The Hall–Kier alpha value is -1.08. The number of nitrogens with zero attached hydrogens (tertiary/aromatic N) is 3. The molecule has 1 heterocycles. The summed E-state index contributed by atoms with van der Waals surface area (Å²) in [4.78, 5) is 0.174. The van der Waals surface area contributed by atoms with Crippen molar-refractivity contribution in [2.75, 3.05) is 12.3 Å². The number of aromatic nitrogens is 2. The van der Waals surface area contributed by atoms with Crippen LogP contribution in [0.3, 0.4) is 0 Å². The van der Waals surface area contributed by atoms with E-state index >= 15 is 0 Å². The molecule has 0 saturated heterocycles. The van der Waals surface area contributed by atoms with Crippen LogP contribution in [0.5, 0.6) is 0 Å². The maximum absolute atomic E-state index is 12.9. The SMILES string of the molecule is CCN(C1CCCCC1)S(=O)(=O)c1c(N)nn(C)c1C. The van der Waals surface area contributed by atoms with Gasteiger partial charge in [-0.3, -0.25) is 4.68 Å². The Morgan fingerprint density at radius 1 is 1.35 bits per heavy atom. The summed E-state index contributed by atoms with van der Waals surface area (Å²) in [6.45, 7) is 4.10. The minimum absolute atomic E-state index is 0.0951. The van der Waals surface area contributed by atoms with Crippen LogP contribution in [0.1, 0.15) is 44.7 Å². The lowest BCUT2D eigenvalue weighted by Crippen LogP contribution is -2.41. The summed E-state index contributed by atoms with van der Waals surface area (Å²) in [7, 11) is -1.86. The number of hydrogen-bond acceptors (Lipinski definition) is 4. The minimum Gasteiger partial charge on any atom is -0.381 e. The number of nitrogens with two attached hydrogens (primary N) is 1. The Balaban J connectivity index is 2.41. The van der Waals surface area contributed by atoms with Crippen LogP contribution >= 0.6 is 0 Å². The Labute approximate surface area is 121 Å². The molecule has 1 aromatic heterocycles. The van der Waals surface area contributed by atoms with E-state index in [1.807, 2.05) is 6.92 Å². The summed E-state index contributed by atoms with van der Waals surface area (Å²) in [5.74, 6) is 0.0965. The van der Waals surface area contributed by atoms with Crippen molar-refractivity contribution >= 4 is 15.8 Å². The Kier molecular flexibility index (Phi) is 4.39. The molecule has 1 aromatic rings. The first kappa shape index (κ1) is 15.3. The van der Waals surface area contributed by atoms with Crippen molar-refractivity contribution in [3.63, 3.8) is 0 Å². The maximum Gasteiger partial charge on any atom is 0.248 e. The highest BCUT2D eigenvalue weighted by Gasteiger charge is 2.35. The minimum atomic E-state index is -3.57. The van der Waals surface area contributed by atoms with E-state index in [0.29, 0.717) is 12.2 Å². The maximum atomic E-state index is 12.9. The number of nitrogen functional groups attached to an aromatic ring is 1. The van der Waals surface area contributed by atoms with E-state index < -0.39 is 10.0 Å². The summed E-state index contributed by atoms with van der Waals surface area (Å²) in [5, 5.41) is 4.03. The average molecular weight is 300 g/mol. The van der Waals surface area contributed by atoms with Crippen LogP contribution in [0.2, 0.25) is 0 Å². The van der Waals surface area contributed by atoms with Crippen LogP contribution in [0.25, 0.3) is 0 Å². The molecule has 2 rings (SSSR count). The normalized spacial score (nSPS) is 17.8. The van der Waals surface area contributed by atoms with Crippen molar-refractivity contribution < 1.29 is 8.42 Å². The smallest absolute Gasteiger partial charge is 0.248 e. The first-order valence-electron chi connectivity index (χ1n) is 7.20. The molecule has 0 amide bonds. The van der Waals surface area contributed by atoms with Gasteiger partial charge in [-0.1, -0.05) is 26.2 Å². The number of sulfonamides is 1. The van der Waals surface area contributed by atoms with Crippen molar-refractivity contribution in [2.45, 2.75) is 56.9 Å². The van der Waals surface area contributed by atoms with Gasteiger partial charge in [0.25, 0.3) is 0 Å². The quantitative estimate of drug-likeness (QED) is 0.916. The van der Waals surface area contributed by atoms with E-state index in [4.69, 9.17) is 5.73 Å². The standard InChI is InChI=1S/C13H24N4O2S/c1-4-17(11-8-6-5-7-9-11)20(18,19)12-10(2)16(3)15-13(12)14/h11H,4-9H2,1-3H3,(H2,14,15). The molecule has 0 aromatic carbocycles. The second-order valence-electron chi connectivity index (χ2n) is 5.42. The molecule has 7 heteroatoms. The lowest BCUT2D eigenvalue weighted by atomic mass is 9.95. The highest BCUT2D eigenvalue weighted by atomic mass is 32.2. The predicted octanol–water partition coefficient (Wildman–Crippen LogP) is 1.65. The summed E-state index contributed by atoms with van der Waals surface area (Å²) in [6, 6.07) is 0.0951. The molecule has 20 heavy (non-hydrogen) atoms. The van der Waals surface area contributed by atoms with Gasteiger partial charge >= 0.3 is 0 Å². The van der Waals surface area contributed by atoms with Crippen LogP contribution in [0.4, 0.5) is 5.82 Å². The highest BCUT2D eigenvalue weighted by Crippen LogP contribution is 2.31. The van der Waals surface area contributed by atoms with Gasteiger partial charge in [-0.05, 0) is 19.8 Å². The molecule has 1 fully saturated rings. The molecule has 6 nitrogen and oxygen atoms in total. The first-order chi connectivity index (χ1) is 9.39. The molecular formula is C13H24N4O2S. The third-order valence-electron chi connectivity index (χ3n) is 4.16. The molecule has 0 radical (unpaired) electrons. The number of rotatable bonds is 4. The molecule has 114 valence electrons. The monoisotopic (exact) mass is 300 g/mol. The molecule has 2 N–H and O–H groups in total. The van der Waals surface area contributed by atoms with E-state index in [1.54, 1.807) is 18.3 Å². The third-order valence-corrected chi connectivity index (χ3v) is 6.36. The molecular weight excluding hydrogens is 276 g/mol. The van der Waals surface area contributed by atoms with E-state index in [0.717, 1.165) is 25.7 Å². The fourth-order valence-corrected chi connectivity index (χ4v) is 5.03. The van der Waals surface area contributed by atoms with Gasteiger partial charge in [0.1, 0.15) is 4.90 Å². The fourth-order valence-electron chi connectivity index (χ4n) is 3.04. The molecule has 0 atom stereocenters. The van der Waals surface area contributed by atoms with Gasteiger partial charge in [-0.2, -0.15) is 9.40 Å². The zero-order valence-corrected chi connectivity index (χ0v) is 13.3. The molecule has 0 bridgehead atoms. The lowest BCUT2D eigenvalue weighted by molar-refractivity contribution is 0.261. The number of hydrogen-bond donors (Lipinski definition) is 1. The van der Waals surface area contributed by atoms with Crippen LogP contribution < -0.4 is 5.73 Å². The highest BCUT2D eigenvalue weighted by molar-refractivity contribution is 7.89. The summed E-state index contributed by atoms with van der Waals surface area (Å²) < 4.78 is 28.9. The van der Waals surface area contributed by atoms with Crippen molar-refractivity contribution in [1.29, 1.82) is 0 Å². The van der Waals surface area contributed by atoms with Gasteiger partial charge in [-0.15, -0.1) is 0 Å². The van der Waals surface area contributed by atoms with Gasteiger partial charge < -0.3 is 5.73 Å². The van der Waals surface area contributed by atoms with E-state index in [9.17, 15) is 8.42 Å². The zero-order chi connectivity index (χ0) is 14.9. The van der Waals surface area contributed by atoms with Crippen LogP contribution in [0.15, 0.2) is 4.90 Å². The Morgan fingerprint density at radius 3 is 2.40 bits per heavy atom. The third kappa shape index (κ3) is 2.56. The van der Waals surface area contributed by atoms with Gasteiger partial charge in [-0.25, -0.2) is 8.42 Å². The first-order valence-corrected chi connectivity index (χ1v) is 8.64. The predicted molar refractivity (Wildman–Crippen MR) is 78.8 cm³/mol. The summed E-state index contributed by atoms with van der Waals surface area (Å²) in [5.41, 5.74) is 6.41. The number of anilines is 1. The lowest BCUT2D eigenvalue weighted by Gasteiger charge is -2.32. The van der Waals surface area contributed by atoms with E-state index in [2.05, 4.69) is 5.10 Å². The largest absolute Gasteiger partial charge is 0.381 e. The fraction of sp³-hybridized carbons (Fsp3) is 0.769. The van der Waals surface area contributed by atoms with Gasteiger partial charge in [0.15, 0.2) is 5.82 Å². The molecule has 1 aliphatic rings. The van der Waals surface area contributed by atoms with Crippen molar-refractivity contribution in [2.24, 2.45) is 7.05 Å². The molecule has 0 unspecified atom stereocenters. The van der Waals surface area contributed by atoms with Crippen LogP contribution in [0, 0.1) is 6.92 Å². The molecule has 0 aliphatic heterocycles. The second-order valence-corrected chi connectivity index (χ2v) is 7.25. The zero-order valence-electron chi connectivity index (χ0n) is 12.5. The number of aryl methyl sites for hydroxylation is 1. The summed E-state index contributed by atoms with van der Waals surface area (Å²) in [6.07, 6.45) is 5.26. The van der Waals surface area contributed by atoms with Crippen molar-refractivity contribution in [3.05, 3.63) is 5.69 Å². The molecule has 0 spiro atoms. The van der Waals surface area contributed by atoms with Gasteiger partial charge in [0.05, 0.1) is 5.69 Å². The topological polar surface area (TPSA) is 81.2 Å². The second kappa shape index (κ2) is 5.73. The van der Waals surface area contributed by atoms with E-state index in [1.165, 1.54) is 11.1 Å². The van der Waals surface area contributed by atoms with Gasteiger partial charge in [0.2, 0.25) is 10.0 Å². The summed E-state index contributed by atoms with van der Waals surface area (Å²) >= 11 is 0. The Bertz CT molecular complexity index is 573. The van der Waals surface area contributed by atoms with Crippen molar-refractivity contribution in [1.82, 2.24) is 14.1 Å². The van der Waals surface area contributed by atoms with Crippen LogP contribution in [-0.2, 0) is 17.1 Å². The molecule has 1 aliphatic carbocycles. The van der Waals surface area contributed by atoms with E-state index in [-0.39, 0.29) is 16.8 Å². The molecule has 1 saturated carbocycles. The average Bonchev–Trinajstić information content (AvgIpc) is 2.65.